The standard InChI is InChI=1S/C15H19N3O3/c1-17-7-2-8-18(10-9-17)15(21)13-5-3-12(11-16-13)4-6-14(19)20/h3-6,11H,2,7-10H2,1H3,(H,19,20). The predicted octanol–water partition coefficient (Wildman–Crippen LogP) is 0.957. The lowest BCUT2D eigenvalue weighted by Crippen LogP contribution is -2.34. The molecule has 0 radical (unpaired) electrons. The molecule has 1 aliphatic rings. The lowest BCUT2D eigenvalue weighted by atomic mass is 10.2. The second-order valence-electron chi connectivity index (χ2n) is 5.10. The number of aliphatic carboxylic acids is 1. The van der Waals surface area contributed by atoms with Crippen molar-refractivity contribution in [3.05, 3.63) is 35.7 Å². The molecule has 1 saturated heterocycles. The topological polar surface area (TPSA) is 73.7 Å². The quantitative estimate of drug-likeness (QED) is 0.839. The normalized spacial score (nSPS) is 16.9. The highest BCUT2D eigenvalue weighted by atomic mass is 16.4. The van der Waals surface area contributed by atoms with Crippen LogP contribution in [-0.2, 0) is 4.79 Å². The average Bonchev–Trinajstić information content (AvgIpc) is 2.69. The van der Waals surface area contributed by atoms with Crippen molar-refractivity contribution >= 4 is 18.0 Å². The van der Waals surface area contributed by atoms with Crippen LogP contribution in [0.5, 0.6) is 0 Å². The molecule has 0 saturated carbocycles. The number of carbonyl (C=O) groups excluding carboxylic acids is 1. The number of carboxylic acids is 1. The molecule has 1 N–H and O–H groups in total. The number of carboxylic acid groups (broad SMARTS) is 1. The van der Waals surface area contributed by atoms with Gasteiger partial charge in [-0.2, -0.15) is 0 Å². The van der Waals surface area contributed by atoms with Gasteiger partial charge < -0.3 is 14.9 Å². The molecule has 0 unspecified atom stereocenters. The number of amides is 1. The van der Waals surface area contributed by atoms with Crippen molar-refractivity contribution in [2.75, 3.05) is 33.2 Å². The van der Waals surface area contributed by atoms with Crippen LogP contribution >= 0.6 is 0 Å². The van der Waals surface area contributed by atoms with E-state index in [1.807, 2.05) is 4.90 Å². The zero-order valence-corrected chi connectivity index (χ0v) is 12.0. The molecule has 112 valence electrons. The number of rotatable bonds is 3. The molecule has 2 heterocycles. The van der Waals surface area contributed by atoms with Crippen LogP contribution in [-0.4, -0.2) is 65.0 Å². The van der Waals surface area contributed by atoms with E-state index in [2.05, 4.69) is 16.9 Å². The smallest absolute Gasteiger partial charge is 0.328 e. The fraction of sp³-hybridized carbons (Fsp3) is 0.400. The van der Waals surface area contributed by atoms with E-state index in [0.717, 1.165) is 32.1 Å². The second kappa shape index (κ2) is 6.99. The van der Waals surface area contributed by atoms with Crippen molar-refractivity contribution in [3.8, 4) is 0 Å². The van der Waals surface area contributed by atoms with Crippen LogP contribution in [0, 0.1) is 0 Å². The van der Waals surface area contributed by atoms with Crippen molar-refractivity contribution in [3.63, 3.8) is 0 Å². The first-order chi connectivity index (χ1) is 10.1. The van der Waals surface area contributed by atoms with Crippen LogP contribution in [0.1, 0.15) is 22.5 Å². The molecule has 0 aromatic carbocycles. The maximum atomic E-state index is 12.4. The third-order valence-corrected chi connectivity index (χ3v) is 3.43. The molecule has 0 aliphatic carbocycles. The molecule has 2 rings (SSSR count). The van der Waals surface area contributed by atoms with Crippen LogP contribution in [0.3, 0.4) is 0 Å². The highest BCUT2D eigenvalue weighted by Crippen LogP contribution is 2.08. The van der Waals surface area contributed by atoms with Gasteiger partial charge in [-0.25, -0.2) is 4.79 Å². The van der Waals surface area contributed by atoms with E-state index in [1.54, 1.807) is 12.1 Å². The van der Waals surface area contributed by atoms with Crippen LogP contribution in [0.15, 0.2) is 24.4 Å². The Morgan fingerprint density at radius 1 is 1.24 bits per heavy atom. The summed E-state index contributed by atoms with van der Waals surface area (Å²) in [6, 6.07) is 3.34. The van der Waals surface area contributed by atoms with E-state index in [9.17, 15) is 9.59 Å². The fourth-order valence-corrected chi connectivity index (χ4v) is 2.21. The summed E-state index contributed by atoms with van der Waals surface area (Å²) >= 11 is 0. The van der Waals surface area contributed by atoms with Crippen molar-refractivity contribution in [2.24, 2.45) is 0 Å². The summed E-state index contributed by atoms with van der Waals surface area (Å²) in [4.78, 5) is 31.0. The lowest BCUT2D eigenvalue weighted by molar-refractivity contribution is -0.131. The van der Waals surface area contributed by atoms with E-state index in [1.165, 1.54) is 12.3 Å². The van der Waals surface area contributed by atoms with E-state index in [-0.39, 0.29) is 5.91 Å². The van der Waals surface area contributed by atoms with Gasteiger partial charge in [0.25, 0.3) is 5.91 Å². The second-order valence-corrected chi connectivity index (χ2v) is 5.10. The fourth-order valence-electron chi connectivity index (χ4n) is 2.21. The van der Waals surface area contributed by atoms with Gasteiger partial charge in [0.15, 0.2) is 0 Å². The monoisotopic (exact) mass is 289 g/mol. The third kappa shape index (κ3) is 4.39. The summed E-state index contributed by atoms with van der Waals surface area (Å²) in [5.74, 6) is -1.08. The molecule has 6 nitrogen and oxygen atoms in total. The number of hydrogen-bond donors (Lipinski definition) is 1. The van der Waals surface area contributed by atoms with Crippen LogP contribution in [0.25, 0.3) is 6.08 Å². The Morgan fingerprint density at radius 3 is 2.71 bits per heavy atom. The van der Waals surface area contributed by atoms with Crippen molar-refractivity contribution in [2.45, 2.75) is 6.42 Å². The number of nitrogens with zero attached hydrogens (tertiary/aromatic N) is 3. The predicted molar refractivity (Wildman–Crippen MR) is 78.9 cm³/mol. The van der Waals surface area contributed by atoms with Crippen molar-refractivity contribution in [1.29, 1.82) is 0 Å². The molecular formula is C15H19N3O3. The molecule has 21 heavy (non-hydrogen) atoms. The lowest BCUT2D eigenvalue weighted by Gasteiger charge is -2.20. The van der Waals surface area contributed by atoms with Gasteiger partial charge >= 0.3 is 5.97 Å². The van der Waals surface area contributed by atoms with Gasteiger partial charge in [-0.3, -0.25) is 9.78 Å². The maximum absolute atomic E-state index is 12.4. The summed E-state index contributed by atoms with van der Waals surface area (Å²) in [6.45, 7) is 3.31. The zero-order chi connectivity index (χ0) is 15.2. The van der Waals surface area contributed by atoms with E-state index in [4.69, 9.17) is 5.11 Å². The summed E-state index contributed by atoms with van der Waals surface area (Å²) in [5.41, 5.74) is 1.05. The number of likely N-dealkylation sites (N-methyl/N-ethyl adjacent to an activating group) is 1. The van der Waals surface area contributed by atoms with Gasteiger partial charge in [0.05, 0.1) is 0 Å². The Balaban J connectivity index is 2.04. The number of hydrogen-bond acceptors (Lipinski definition) is 4. The molecule has 1 aromatic rings. The molecule has 0 bridgehead atoms. The van der Waals surface area contributed by atoms with Gasteiger partial charge in [-0.1, -0.05) is 6.07 Å². The Labute approximate surface area is 123 Å². The molecular weight excluding hydrogens is 270 g/mol. The average molecular weight is 289 g/mol. The number of carbonyl (C=O) groups is 2. The highest BCUT2D eigenvalue weighted by Gasteiger charge is 2.19. The Kier molecular flexibility index (Phi) is 5.05. The van der Waals surface area contributed by atoms with E-state index in [0.29, 0.717) is 17.8 Å². The molecule has 1 fully saturated rings. The Hall–Kier alpha value is -2.21. The molecule has 6 heteroatoms. The Bertz CT molecular complexity index is 540. The van der Waals surface area contributed by atoms with Gasteiger partial charge in [-0.15, -0.1) is 0 Å². The number of pyridine rings is 1. The summed E-state index contributed by atoms with van der Waals surface area (Å²) in [5, 5.41) is 8.56. The molecule has 0 atom stereocenters. The van der Waals surface area contributed by atoms with Gasteiger partial charge in [-0.05, 0) is 37.7 Å². The van der Waals surface area contributed by atoms with Gasteiger partial charge in [0.1, 0.15) is 5.69 Å². The highest BCUT2D eigenvalue weighted by molar-refractivity contribution is 5.92. The van der Waals surface area contributed by atoms with Gasteiger partial charge in [0.2, 0.25) is 0 Å². The van der Waals surface area contributed by atoms with Crippen LogP contribution in [0.2, 0.25) is 0 Å². The first-order valence-electron chi connectivity index (χ1n) is 6.91. The summed E-state index contributed by atoms with van der Waals surface area (Å²) in [7, 11) is 2.05. The van der Waals surface area contributed by atoms with Crippen LogP contribution in [0.4, 0.5) is 0 Å². The Morgan fingerprint density at radius 2 is 2.05 bits per heavy atom. The minimum atomic E-state index is -1.01. The minimum absolute atomic E-state index is 0.0703. The maximum Gasteiger partial charge on any atom is 0.328 e. The largest absolute Gasteiger partial charge is 0.478 e. The minimum Gasteiger partial charge on any atom is -0.478 e. The SMILES string of the molecule is CN1CCCN(C(=O)c2ccc(C=CC(=O)O)cn2)CC1. The van der Waals surface area contributed by atoms with Crippen molar-refractivity contribution in [1.82, 2.24) is 14.8 Å². The summed E-state index contributed by atoms with van der Waals surface area (Å²) in [6.07, 6.45) is 4.96. The number of aromatic nitrogens is 1. The molecule has 1 amide bonds. The van der Waals surface area contributed by atoms with Gasteiger partial charge in [0, 0.05) is 31.9 Å². The van der Waals surface area contributed by atoms with E-state index >= 15 is 0 Å². The zero-order valence-electron chi connectivity index (χ0n) is 12.0. The molecule has 1 aromatic heterocycles. The molecule has 1 aliphatic heterocycles. The first kappa shape index (κ1) is 15.2. The van der Waals surface area contributed by atoms with Crippen molar-refractivity contribution < 1.29 is 14.7 Å². The third-order valence-electron chi connectivity index (χ3n) is 3.43. The molecule has 0 spiro atoms. The van der Waals surface area contributed by atoms with E-state index < -0.39 is 5.97 Å². The van der Waals surface area contributed by atoms with Crippen LogP contribution < -0.4 is 0 Å². The first-order valence-corrected chi connectivity index (χ1v) is 6.91. The summed E-state index contributed by atoms with van der Waals surface area (Å²) < 4.78 is 0.